The lowest BCUT2D eigenvalue weighted by Gasteiger charge is -2.27. The first-order valence-electron chi connectivity index (χ1n) is 5.19. The Kier molecular flexibility index (Phi) is 4.22. The number of nitrogens with zero attached hydrogens (tertiary/aromatic N) is 1. The van der Waals surface area contributed by atoms with E-state index >= 15 is 0 Å². The minimum absolute atomic E-state index is 0.247. The predicted octanol–water partition coefficient (Wildman–Crippen LogP) is 0.997. The standard InChI is InChI=1S/C10H20N2O/c1-9-6-4-3-5-7-12(9)10(13)8-11-2/h9,11H,3-8H2,1-2H3. The van der Waals surface area contributed by atoms with Crippen LogP contribution in [0.15, 0.2) is 0 Å². The maximum atomic E-state index is 11.6. The Labute approximate surface area is 80.5 Å². The van der Waals surface area contributed by atoms with E-state index in [-0.39, 0.29) is 5.91 Å². The number of nitrogens with one attached hydrogen (secondary N) is 1. The summed E-state index contributed by atoms with van der Waals surface area (Å²) in [5.41, 5.74) is 0. The fourth-order valence-corrected chi connectivity index (χ4v) is 1.90. The minimum Gasteiger partial charge on any atom is -0.339 e. The van der Waals surface area contributed by atoms with Gasteiger partial charge in [0, 0.05) is 12.6 Å². The Morgan fingerprint density at radius 1 is 1.46 bits per heavy atom. The number of amides is 1. The molecule has 1 amide bonds. The number of hydrogen-bond acceptors (Lipinski definition) is 2. The molecule has 0 spiro atoms. The molecule has 1 atom stereocenters. The van der Waals surface area contributed by atoms with Crippen molar-refractivity contribution in [3.63, 3.8) is 0 Å². The summed E-state index contributed by atoms with van der Waals surface area (Å²) in [4.78, 5) is 13.6. The summed E-state index contributed by atoms with van der Waals surface area (Å²) in [6.45, 7) is 3.57. The van der Waals surface area contributed by atoms with E-state index in [9.17, 15) is 4.79 Å². The van der Waals surface area contributed by atoms with E-state index in [4.69, 9.17) is 0 Å². The van der Waals surface area contributed by atoms with Crippen LogP contribution in [-0.2, 0) is 4.79 Å². The molecule has 1 heterocycles. The first-order chi connectivity index (χ1) is 6.25. The van der Waals surface area contributed by atoms with Crippen LogP contribution in [0.3, 0.4) is 0 Å². The maximum Gasteiger partial charge on any atom is 0.236 e. The molecule has 0 radical (unpaired) electrons. The summed E-state index contributed by atoms with van der Waals surface area (Å²) in [7, 11) is 1.82. The Balaban J connectivity index is 2.48. The van der Waals surface area contributed by atoms with Gasteiger partial charge in [0.1, 0.15) is 0 Å². The Morgan fingerprint density at radius 2 is 2.23 bits per heavy atom. The number of likely N-dealkylation sites (tertiary alicyclic amines) is 1. The van der Waals surface area contributed by atoms with Crippen molar-refractivity contribution in [1.29, 1.82) is 0 Å². The van der Waals surface area contributed by atoms with Gasteiger partial charge >= 0.3 is 0 Å². The molecule has 0 aromatic carbocycles. The van der Waals surface area contributed by atoms with E-state index in [1.165, 1.54) is 19.3 Å². The molecule has 1 N–H and O–H groups in total. The highest BCUT2D eigenvalue weighted by atomic mass is 16.2. The lowest BCUT2D eigenvalue weighted by atomic mass is 10.1. The quantitative estimate of drug-likeness (QED) is 0.694. The molecule has 1 unspecified atom stereocenters. The second-order valence-electron chi connectivity index (χ2n) is 3.82. The Morgan fingerprint density at radius 3 is 2.92 bits per heavy atom. The highest BCUT2D eigenvalue weighted by Crippen LogP contribution is 2.15. The second-order valence-corrected chi connectivity index (χ2v) is 3.82. The van der Waals surface area contributed by atoms with Crippen LogP contribution in [0.1, 0.15) is 32.6 Å². The number of carbonyl (C=O) groups is 1. The summed E-state index contributed by atoms with van der Waals surface area (Å²) in [6.07, 6.45) is 4.87. The maximum absolute atomic E-state index is 11.6. The normalized spacial score (nSPS) is 24.2. The van der Waals surface area contributed by atoms with Crippen LogP contribution in [0, 0.1) is 0 Å². The Hall–Kier alpha value is -0.570. The zero-order valence-electron chi connectivity index (χ0n) is 8.68. The molecule has 1 fully saturated rings. The van der Waals surface area contributed by atoms with Crippen molar-refractivity contribution in [3.8, 4) is 0 Å². The van der Waals surface area contributed by atoms with Crippen LogP contribution in [0.25, 0.3) is 0 Å². The highest BCUT2D eigenvalue weighted by molar-refractivity contribution is 5.78. The van der Waals surface area contributed by atoms with Gasteiger partial charge in [0.25, 0.3) is 0 Å². The number of likely N-dealkylation sites (N-methyl/N-ethyl adjacent to an activating group) is 1. The van der Waals surface area contributed by atoms with E-state index < -0.39 is 0 Å². The van der Waals surface area contributed by atoms with Crippen molar-refractivity contribution >= 4 is 5.91 Å². The van der Waals surface area contributed by atoms with E-state index in [1.807, 2.05) is 11.9 Å². The first kappa shape index (κ1) is 10.5. The molecule has 0 saturated carbocycles. The molecule has 0 aromatic rings. The molecule has 3 nitrogen and oxygen atoms in total. The highest BCUT2D eigenvalue weighted by Gasteiger charge is 2.20. The smallest absolute Gasteiger partial charge is 0.236 e. The zero-order valence-corrected chi connectivity index (χ0v) is 8.68. The molecule has 1 aliphatic heterocycles. The van der Waals surface area contributed by atoms with Gasteiger partial charge in [-0.15, -0.1) is 0 Å². The van der Waals surface area contributed by atoms with Crippen molar-refractivity contribution in [2.24, 2.45) is 0 Å². The van der Waals surface area contributed by atoms with Crippen molar-refractivity contribution < 1.29 is 4.79 Å². The van der Waals surface area contributed by atoms with Gasteiger partial charge in [0.2, 0.25) is 5.91 Å². The van der Waals surface area contributed by atoms with E-state index in [2.05, 4.69) is 12.2 Å². The molecule has 1 saturated heterocycles. The van der Waals surface area contributed by atoms with E-state index in [0.717, 1.165) is 13.0 Å². The summed E-state index contributed by atoms with van der Waals surface area (Å²) < 4.78 is 0. The third-order valence-corrected chi connectivity index (χ3v) is 2.70. The topological polar surface area (TPSA) is 32.3 Å². The molecular weight excluding hydrogens is 164 g/mol. The van der Waals surface area contributed by atoms with Crippen LogP contribution < -0.4 is 5.32 Å². The summed E-state index contributed by atoms with van der Waals surface area (Å²) >= 11 is 0. The molecule has 0 aliphatic carbocycles. The molecule has 76 valence electrons. The largest absolute Gasteiger partial charge is 0.339 e. The van der Waals surface area contributed by atoms with Crippen LogP contribution >= 0.6 is 0 Å². The molecule has 0 aromatic heterocycles. The molecular formula is C10H20N2O. The van der Waals surface area contributed by atoms with Crippen LogP contribution in [0.2, 0.25) is 0 Å². The van der Waals surface area contributed by atoms with Crippen LogP contribution in [-0.4, -0.2) is 37.0 Å². The third-order valence-electron chi connectivity index (χ3n) is 2.70. The van der Waals surface area contributed by atoms with Crippen LogP contribution in [0.4, 0.5) is 0 Å². The van der Waals surface area contributed by atoms with E-state index in [1.54, 1.807) is 0 Å². The molecule has 1 rings (SSSR count). The van der Waals surface area contributed by atoms with Gasteiger partial charge in [-0.3, -0.25) is 4.79 Å². The number of rotatable bonds is 2. The van der Waals surface area contributed by atoms with Gasteiger partial charge in [-0.25, -0.2) is 0 Å². The van der Waals surface area contributed by atoms with Gasteiger partial charge in [0.05, 0.1) is 6.54 Å². The number of carbonyl (C=O) groups excluding carboxylic acids is 1. The van der Waals surface area contributed by atoms with Gasteiger partial charge in [-0.2, -0.15) is 0 Å². The lowest BCUT2D eigenvalue weighted by molar-refractivity contribution is -0.132. The summed E-state index contributed by atoms with van der Waals surface area (Å²) in [5.74, 6) is 0.247. The SMILES string of the molecule is CNCC(=O)N1CCCCCC1C. The zero-order chi connectivity index (χ0) is 9.68. The van der Waals surface area contributed by atoms with E-state index in [0.29, 0.717) is 12.6 Å². The van der Waals surface area contributed by atoms with Gasteiger partial charge in [-0.05, 0) is 26.8 Å². The summed E-state index contributed by atoms with van der Waals surface area (Å²) in [5, 5.41) is 2.91. The van der Waals surface area contributed by atoms with Crippen molar-refractivity contribution in [2.45, 2.75) is 38.6 Å². The van der Waals surface area contributed by atoms with Gasteiger partial charge < -0.3 is 10.2 Å². The molecule has 13 heavy (non-hydrogen) atoms. The lowest BCUT2D eigenvalue weighted by Crippen LogP contribution is -2.42. The molecule has 0 bridgehead atoms. The third kappa shape index (κ3) is 2.99. The van der Waals surface area contributed by atoms with Crippen molar-refractivity contribution in [2.75, 3.05) is 20.1 Å². The van der Waals surface area contributed by atoms with Crippen molar-refractivity contribution in [3.05, 3.63) is 0 Å². The predicted molar refractivity (Wildman–Crippen MR) is 53.6 cm³/mol. The van der Waals surface area contributed by atoms with Crippen molar-refractivity contribution in [1.82, 2.24) is 10.2 Å². The average Bonchev–Trinajstić information content (AvgIpc) is 2.30. The fourth-order valence-electron chi connectivity index (χ4n) is 1.90. The Bertz CT molecular complexity index is 170. The number of hydrogen-bond donors (Lipinski definition) is 1. The van der Waals surface area contributed by atoms with Crippen LogP contribution in [0.5, 0.6) is 0 Å². The molecule has 1 aliphatic rings. The first-order valence-corrected chi connectivity index (χ1v) is 5.19. The molecule has 3 heteroatoms. The van der Waals surface area contributed by atoms with Gasteiger partial charge in [-0.1, -0.05) is 12.8 Å². The fraction of sp³-hybridized carbons (Fsp3) is 0.900. The average molecular weight is 184 g/mol. The summed E-state index contributed by atoms with van der Waals surface area (Å²) in [6, 6.07) is 0.434. The second kappa shape index (κ2) is 5.22. The minimum atomic E-state index is 0.247. The van der Waals surface area contributed by atoms with Gasteiger partial charge in [0.15, 0.2) is 0 Å². The monoisotopic (exact) mass is 184 g/mol.